The van der Waals surface area contributed by atoms with Gasteiger partial charge in [0.15, 0.2) is 0 Å². The van der Waals surface area contributed by atoms with E-state index in [4.69, 9.17) is 0 Å². The predicted molar refractivity (Wildman–Crippen MR) is 46.8 cm³/mol. The standard InChI is InChI=1S/C8H8F3NS/c9-8(10,11)7-1-3-12-5-6(7)2-4-13/h1,3,5,13H,2,4H2. The number of halogens is 3. The summed E-state index contributed by atoms with van der Waals surface area (Å²) in [7, 11) is 0. The maximum atomic E-state index is 12.3. The second-order valence-corrected chi connectivity index (χ2v) is 2.95. The zero-order valence-corrected chi connectivity index (χ0v) is 7.57. The molecule has 72 valence electrons. The molecule has 0 N–H and O–H groups in total. The lowest BCUT2D eigenvalue weighted by Gasteiger charge is -2.10. The fraction of sp³-hybridized carbons (Fsp3) is 0.375. The second kappa shape index (κ2) is 4.00. The maximum absolute atomic E-state index is 12.3. The molecule has 1 nitrogen and oxygen atoms in total. The van der Waals surface area contributed by atoms with Crippen molar-refractivity contribution < 1.29 is 13.2 Å². The Hall–Kier alpha value is -0.710. The Morgan fingerprint density at radius 3 is 2.62 bits per heavy atom. The fourth-order valence-corrected chi connectivity index (χ4v) is 1.26. The molecule has 0 aliphatic rings. The summed E-state index contributed by atoms with van der Waals surface area (Å²) in [5.41, 5.74) is -0.415. The molecule has 0 saturated carbocycles. The molecule has 1 aromatic rings. The van der Waals surface area contributed by atoms with E-state index in [9.17, 15) is 13.2 Å². The molecule has 0 saturated heterocycles. The van der Waals surface area contributed by atoms with Gasteiger partial charge in [0.1, 0.15) is 0 Å². The first-order chi connectivity index (χ1) is 6.05. The summed E-state index contributed by atoms with van der Waals surface area (Å²) >= 11 is 3.88. The summed E-state index contributed by atoms with van der Waals surface area (Å²) in [6, 6.07) is 0.985. The van der Waals surface area contributed by atoms with Crippen LogP contribution in [0.1, 0.15) is 11.1 Å². The molecule has 0 bridgehead atoms. The van der Waals surface area contributed by atoms with Gasteiger partial charge >= 0.3 is 6.18 Å². The summed E-state index contributed by atoms with van der Waals surface area (Å²) in [5, 5.41) is 0. The molecule has 13 heavy (non-hydrogen) atoms. The van der Waals surface area contributed by atoms with Gasteiger partial charge < -0.3 is 0 Å². The predicted octanol–water partition coefficient (Wildman–Crippen LogP) is 2.57. The normalized spacial score (nSPS) is 11.7. The molecular weight excluding hydrogens is 199 g/mol. The number of aromatic nitrogens is 1. The minimum Gasteiger partial charge on any atom is -0.264 e. The van der Waals surface area contributed by atoms with Gasteiger partial charge in [-0.25, -0.2) is 0 Å². The lowest BCUT2D eigenvalue weighted by Crippen LogP contribution is -2.09. The first-order valence-electron chi connectivity index (χ1n) is 3.66. The van der Waals surface area contributed by atoms with Crippen LogP contribution in [-0.4, -0.2) is 10.7 Å². The average molecular weight is 207 g/mol. The highest BCUT2D eigenvalue weighted by Crippen LogP contribution is 2.31. The van der Waals surface area contributed by atoms with Crippen molar-refractivity contribution in [3.8, 4) is 0 Å². The van der Waals surface area contributed by atoms with Crippen molar-refractivity contribution in [2.24, 2.45) is 0 Å². The summed E-state index contributed by atoms with van der Waals surface area (Å²) < 4.78 is 37.0. The smallest absolute Gasteiger partial charge is 0.264 e. The van der Waals surface area contributed by atoms with Crippen LogP contribution in [0.15, 0.2) is 18.5 Å². The molecule has 1 rings (SSSR count). The topological polar surface area (TPSA) is 12.9 Å². The molecule has 0 radical (unpaired) electrons. The van der Waals surface area contributed by atoms with Crippen molar-refractivity contribution in [3.05, 3.63) is 29.6 Å². The van der Waals surface area contributed by atoms with Crippen LogP contribution in [0, 0.1) is 0 Å². The summed E-state index contributed by atoms with van der Waals surface area (Å²) in [6.45, 7) is 0. The van der Waals surface area contributed by atoms with Gasteiger partial charge in [0.05, 0.1) is 5.56 Å². The zero-order chi connectivity index (χ0) is 9.90. The van der Waals surface area contributed by atoms with Gasteiger partial charge in [-0.15, -0.1) is 0 Å². The van der Waals surface area contributed by atoms with Crippen molar-refractivity contribution in [1.29, 1.82) is 0 Å². The SMILES string of the molecule is FC(F)(F)c1ccncc1CCS. The number of pyridine rings is 1. The highest BCUT2D eigenvalue weighted by molar-refractivity contribution is 7.80. The Morgan fingerprint density at radius 1 is 1.38 bits per heavy atom. The van der Waals surface area contributed by atoms with Gasteiger partial charge in [0, 0.05) is 12.4 Å². The van der Waals surface area contributed by atoms with Crippen molar-refractivity contribution >= 4 is 12.6 Å². The van der Waals surface area contributed by atoms with E-state index in [0.29, 0.717) is 5.75 Å². The maximum Gasteiger partial charge on any atom is 0.416 e. The van der Waals surface area contributed by atoms with Gasteiger partial charge in [0.25, 0.3) is 0 Å². The molecule has 0 unspecified atom stereocenters. The molecule has 0 amide bonds. The van der Waals surface area contributed by atoms with Gasteiger partial charge in [-0.05, 0) is 23.8 Å². The molecular formula is C8H8F3NS. The number of hydrogen-bond acceptors (Lipinski definition) is 2. The van der Waals surface area contributed by atoms with Crippen LogP contribution in [0.3, 0.4) is 0 Å². The molecule has 0 spiro atoms. The minimum atomic E-state index is -4.29. The van der Waals surface area contributed by atoms with Crippen LogP contribution in [0.2, 0.25) is 0 Å². The van der Waals surface area contributed by atoms with Crippen molar-refractivity contribution in [1.82, 2.24) is 4.98 Å². The van der Waals surface area contributed by atoms with E-state index in [2.05, 4.69) is 17.6 Å². The quantitative estimate of drug-likeness (QED) is 0.735. The highest BCUT2D eigenvalue weighted by Gasteiger charge is 2.32. The third kappa shape index (κ3) is 2.62. The van der Waals surface area contributed by atoms with E-state index in [1.807, 2.05) is 0 Å². The lowest BCUT2D eigenvalue weighted by molar-refractivity contribution is -0.138. The Balaban J connectivity index is 3.05. The van der Waals surface area contributed by atoms with Crippen LogP contribution in [-0.2, 0) is 12.6 Å². The number of alkyl halides is 3. The van der Waals surface area contributed by atoms with E-state index >= 15 is 0 Å². The second-order valence-electron chi connectivity index (χ2n) is 2.50. The average Bonchev–Trinajstić information content (AvgIpc) is 2.04. The molecule has 1 aromatic heterocycles. The van der Waals surface area contributed by atoms with E-state index in [0.717, 1.165) is 12.3 Å². The summed E-state index contributed by atoms with van der Waals surface area (Å²) in [5.74, 6) is 0.384. The van der Waals surface area contributed by atoms with Crippen molar-refractivity contribution in [2.45, 2.75) is 12.6 Å². The molecule has 0 aromatic carbocycles. The minimum absolute atomic E-state index is 0.199. The third-order valence-corrected chi connectivity index (χ3v) is 1.81. The first kappa shape index (κ1) is 10.4. The number of nitrogens with zero attached hydrogens (tertiary/aromatic N) is 1. The summed E-state index contributed by atoms with van der Waals surface area (Å²) in [4.78, 5) is 3.64. The van der Waals surface area contributed by atoms with Crippen LogP contribution >= 0.6 is 12.6 Å². The third-order valence-electron chi connectivity index (χ3n) is 1.59. The van der Waals surface area contributed by atoms with Crippen molar-refractivity contribution in [2.75, 3.05) is 5.75 Å². The van der Waals surface area contributed by atoms with E-state index < -0.39 is 11.7 Å². The molecule has 1 heterocycles. The fourth-order valence-electron chi connectivity index (χ4n) is 1.02. The first-order valence-corrected chi connectivity index (χ1v) is 4.30. The van der Waals surface area contributed by atoms with E-state index in [-0.39, 0.29) is 12.0 Å². The van der Waals surface area contributed by atoms with Crippen LogP contribution in [0.5, 0.6) is 0 Å². The lowest BCUT2D eigenvalue weighted by atomic mass is 10.1. The molecule has 5 heteroatoms. The number of rotatable bonds is 2. The molecule has 0 aliphatic heterocycles. The monoisotopic (exact) mass is 207 g/mol. The van der Waals surface area contributed by atoms with Gasteiger partial charge in [0.2, 0.25) is 0 Å². The number of hydrogen-bond donors (Lipinski definition) is 1. The van der Waals surface area contributed by atoms with E-state index in [1.54, 1.807) is 0 Å². The summed E-state index contributed by atoms with van der Waals surface area (Å²) in [6.07, 6.45) is -1.63. The van der Waals surface area contributed by atoms with Gasteiger partial charge in [-0.3, -0.25) is 4.98 Å². The molecule has 0 aliphatic carbocycles. The molecule has 0 fully saturated rings. The van der Waals surface area contributed by atoms with Gasteiger partial charge in [-0.2, -0.15) is 25.8 Å². The highest BCUT2D eigenvalue weighted by atomic mass is 32.1. The number of aryl methyl sites for hydroxylation is 1. The van der Waals surface area contributed by atoms with Gasteiger partial charge in [-0.1, -0.05) is 0 Å². The van der Waals surface area contributed by atoms with E-state index in [1.165, 1.54) is 6.20 Å². The Bertz CT molecular complexity index is 285. The zero-order valence-electron chi connectivity index (χ0n) is 6.67. The van der Waals surface area contributed by atoms with Crippen LogP contribution in [0.4, 0.5) is 13.2 Å². The Kier molecular flexibility index (Phi) is 3.19. The largest absolute Gasteiger partial charge is 0.416 e. The molecule has 0 atom stereocenters. The Labute approximate surface area is 79.4 Å². The Morgan fingerprint density at radius 2 is 2.08 bits per heavy atom. The van der Waals surface area contributed by atoms with Crippen molar-refractivity contribution in [3.63, 3.8) is 0 Å². The number of thiol groups is 1. The van der Waals surface area contributed by atoms with Crippen LogP contribution in [0.25, 0.3) is 0 Å². The van der Waals surface area contributed by atoms with Crippen LogP contribution < -0.4 is 0 Å².